The molecule has 0 aromatic carbocycles. The molecule has 0 amide bonds. The van der Waals surface area contributed by atoms with Crippen molar-refractivity contribution in [1.29, 1.82) is 0 Å². The van der Waals surface area contributed by atoms with Gasteiger partial charge in [0.05, 0.1) is 0 Å². The largest absolute Gasteiger partial charge is 0.285 e. The van der Waals surface area contributed by atoms with Gasteiger partial charge in [-0.25, -0.2) is 0 Å². The summed E-state index contributed by atoms with van der Waals surface area (Å²) in [6, 6.07) is 5.55. The van der Waals surface area contributed by atoms with Crippen LogP contribution in [0, 0.1) is 0 Å². The van der Waals surface area contributed by atoms with Crippen LogP contribution in [-0.2, 0) is 0 Å². The predicted octanol–water partition coefficient (Wildman–Crippen LogP) is 0.867. The Balaban J connectivity index is 2.46. The van der Waals surface area contributed by atoms with Crippen molar-refractivity contribution >= 4 is 0 Å². The van der Waals surface area contributed by atoms with Crippen LogP contribution in [0.5, 0.6) is 0 Å². The maximum Gasteiger partial charge on any atom is 0.113 e. The highest BCUT2D eigenvalue weighted by atomic mass is 15.1. The zero-order valence-electron chi connectivity index (χ0n) is 5.73. The van der Waals surface area contributed by atoms with E-state index in [1.807, 2.05) is 18.2 Å². The molecule has 0 bridgehead atoms. The maximum atomic E-state index is 3.96. The molecule has 54 valence electrons. The van der Waals surface area contributed by atoms with Gasteiger partial charge < -0.3 is 0 Å². The molecule has 0 aliphatic carbocycles. The van der Waals surface area contributed by atoms with Crippen molar-refractivity contribution in [2.45, 2.75) is 0 Å². The van der Waals surface area contributed by atoms with Crippen LogP contribution in [-0.4, -0.2) is 20.4 Å². The van der Waals surface area contributed by atoms with Crippen LogP contribution in [0.25, 0.3) is 11.4 Å². The van der Waals surface area contributed by atoms with Crippen molar-refractivity contribution in [2.75, 3.05) is 0 Å². The lowest BCUT2D eigenvalue weighted by Gasteiger charge is -1.89. The molecule has 0 aliphatic heterocycles. The van der Waals surface area contributed by atoms with Crippen LogP contribution in [0.15, 0.2) is 30.6 Å². The third-order valence-electron chi connectivity index (χ3n) is 1.34. The molecule has 0 radical (unpaired) electrons. The summed E-state index contributed by atoms with van der Waals surface area (Å²) in [5, 5.41) is 14.3. The lowest BCUT2D eigenvalue weighted by atomic mass is 10.3. The van der Waals surface area contributed by atoms with Gasteiger partial charge in [-0.15, -0.1) is 5.10 Å². The van der Waals surface area contributed by atoms with Gasteiger partial charge in [-0.2, -0.15) is 10.2 Å². The highest BCUT2D eigenvalue weighted by Crippen LogP contribution is 2.09. The van der Waals surface area contributed by atoms with Crippen LogP contribution in [0.2, 0.25) is 0 Å². The minimum absolute atomic E-state index is 0.786. The summed E-state index contributed by atoms with van der Waals surface area (Å²) in [5.74, 6) is 0. The van der Waals surface area contributed by atoms with Crippen LogP contribution < -0.4 is 0 Å². The first kappa shape index (κ1) is 6.03. The Hall–Kier alpha value is -1.71. The summed E-state index contributed by atoms with van der Waals surface area (Å²) in [6.07, 6.45) is 3.39. The average Bonchev–Trinajstić information content (AvgIpc) is 2.58. The Labute approximate surface area is 63.3 Å². The normalized spacial score (nSPS) is 9.82. The third kappa shape index (κ3) is 1.10. The molecule has 0 saturated carbocycles. The first-order chi connectivity index (χ1) is 5.47. The van der Waals surface area contributed by atoms with Gasteiger partial charge in [0, 0.05) is 12.4 Å². The summed E-state index contributed by atoms with van der Waals surface area (Å²) >= 11 is 0. The summed E-state index contributed by atoms with van der Waals surface area (Å²) in [5.41, 5.74) is 1.60. The molecule has 11 heavy (non-hydrogen) atoms. The number of hydrogen-bond acceptors (Lipinski definition) is 3. The molecule has 2 aromatic rings. The van der Waals surface area contributed by atoms with E-state index in [1.165, 1.54) is 0 Å². The van der Waals surface area contributed by atoms with Gasteiger partial charge in [-0.05, 0) is 18.2 Å². The Morgan fingerprint density at radius 3 is 2.82 bits per heavy atom. The zero-order valence-corrected chi connectivity index (χ0v) is 5.73. The van der Waals surface area contributed by atoms with E-state index in [0.29, 0.717) is 0 Å². The number of nitrogens with zero attached hydrogens (tertiary/aromatic N) is 3. The fourth-order valence-electron chi connectivity index (χ4n) is 0.841. The zero-order chi connectivity index (χ0) is 7.52. The molecule has 0 unspecified atom stereocenters. The predicted molar refractivity (Wildman–Crippen MR) is 39.6 cm³/mol. The Morgan fingerprint density at radius 2 is 2.18 bits per heavy atom. The Morgan fingerprint density at radius 1 is 1.18 bits per heavy atom. The standard InChI is InChI=1S/C7H6N4/c1-2-6(10-8-4-1)7-3-5-9-11-7/h1-5H,(H,9,11). The average molecular weight is 146 g/mol. The molecule has 4 nitrogen and oxygen atoms in total. The van der Waals surface area contributed by atoms with Gasteiger partial charge in [-0.3, -0.25) is 5.10 Å². The highest BCUT2D eigenvalue weighted by molar-refractivity contribution is 5.51. The molecule has 2 rings (SSSR count). The van der Waals surface area contributed by atoms with E-state index in [-0.39, 0.29) is 0 Å². The monoisotopic (exact) mass is 146 g/mol. The Kier molecular flexibility index (Phi) is 1.37. The topological polar surface area (TPSA) is 54.5 Å². The fourth-order valence-corrected chi connectivity index (χ4v) is 0.841. The summed E-state index contributed by atoms with van der Waals surface area (Å²) in [7, 11) is 0. The molecule has 4 heteroatoms. The molecule has 0 saturated heterocycles. The van der Waals surface area contributed by atoms with Gasteiger partial charge in [0.2, 0.25) is 0 Å². The lowest BCUT2D eigenvalue weighted by Crippen LogP contribution is -1.84. The summed E-state index contributed by atoms with van der Waals surface area (Å²) in [4.78, 5) is 0. The molecular weight excluding hydrogens is 140 g/mol. The molecular formula is C7H6N4. The van der Waals surface area contributed by atoms with Crippen molar-refractivity contribution < 1.29 is 0 Å². The number of aromatic amines is 1. The summed E-state index contributed by atoms with van der Waals surface area (Å²) < 4.78 is 0. The molecule has 0 aliphatic rings. The fraction of sp³-hybridized carbons (Fsp3) is 0. The molecule has 0 atom stereocenters. The van der Waals surface area contributed by atoms with E-state index in [2.05, 4.69) is 20.4 Å². The van der Waals surface area contributed by atoms with Crippen molar-refractivity contribution in [1.82, 2.24) is 20.4 Å². The second kappa shape index (κ2) is 2.49. The minimum Gasteiger partial charge on any atom is -0.285 e. The van der Waals surface area contributed by atoms with Crippen molar-refractivity contribution in [2.24, 2.45) is 0 Å². The molecule has 2 aromatic heterocycles. The van der Waals surface area contributed by atoms with Crippen LogP contribution in [0.1, 0.15) is 0 Å². The van der Waals surface area contributed by atoms with E-state index in [1.54, 1.807) is 12.4 Å². The van der Waals surface area contributed by atoms with Crippen molar-refractivity contribution in [3.8, 4) is 11.4 Å². The maximum absolute atomic E-state index is 3.96. The number of nitrogens with one attached hydrogen (secondary N) is 1. The van der Waals surface area contributed by atoms with E-state index in [4.69, 9.17) is 0 Å². The van der Waals surface area contributed by atoms with Gasteiger partial charge in [-0.1, -0.05) is 0 Å². The summed E-state index contributed by atoms with van der Waals surface area (Å²) in [6.45, 7) is 0. The Bertz CT molecular complexity index is 313. The van der Waals surface area contributed by atoms with E-state index < -0.39 is 0 Å². The van der Waals surface area contributed by atoms with Crippen LogP contribution >= 0.6 is 0 Å². The minimum atomic E-state index is 0.786. The highest BCUT2D eigenvalue weighted by Gasteiger charge is 1.98. The first-order valence-electron chi connectivity index (χ1n) is 3.25. The van der Waals surface area contributed by atoms with E-state index >= 15 is 0 Å². The first-order valence-corrected chi connectivity index (χ1v) is 3.25. The number of rotatable bonds is 1. The lowest BCUT2D eigenvalue weighted by molar-refractivity contribution is 1.01. The molecule has 2 heterocycles. The van der Waals surface area contributed by atoms with Gasteiger partial charge in [0.25, 0.3) is 0 Å². The van der Waals surface area contributed by atoms with Crippen molar-refractivity contribution in [3.63, 3.8) is 0 Å². The quantitative estimate of drug-likeness (QED) is 0.649. The molecule has 0 fully saturated rings. The molecule has 0 spiro atoms. The van der Waals surface area contributed by atoms with Crippen molar-refractivity contribution in [3.05, 3.63) is 30.6 Å². The molecule has 1 N–H and O–H groups in total. The second-order valence-electron chi connectivity index (χ2n) is 2.07. The van der Waals surface area contributed by atoms with E-state index in [0.717, 1.165) is 11.4 Å². The second-order valence-corrected chi connectivity index (χ2v) is 2.07. The van der Waals surface area contributed by atoms with Gasteiger partial charge >= 0.3 is 0 Å². The van der Waals surface area contributed by atoms with Gasteiger partial charge in [0.15, 0.2) is 0 Å². The number of H-pyrrole nitrogens is 1. The van der Waals surface area contributed by atoms with E-state index in [9.17, 15) is 0 Å². The van der Waals surface area contributed by atoms with Gasteiger partial charge in [0.1, 0.15) is 11.4 Å². The smallest absolute Gasteiger partial charge is 0.113 e. The van der Waals surface area contributed by atoms with Crippen LogP contribution in [0.3, 0.4) is 0 Å². The van der Waals surface area contributed by atoms with Crippen LogP contribution in [0.4, 0.5) is 0 Å². The number of hydrogen-bond donors (Lipinski definition) is 1. The number of aromatic nitrogens is 4. The third-order valence-corrected chi connectivity index (χ3v) is 1.34. The SMILES string of the molecule is c1cnnc(-c2cc[nH]n2)c1.